The van der Waals surface area contributed by atoms with E-state index in [0.717, 1.165) is 17.8 Å². The molecule has 3 nitrogen and oxygen atoms in total. The highest BCUT2D eigenvalue weighted by atomic mass is 32.1. The normalized spacial score (nSPS) is 13.0. The first-order valence-electron chi connectivity index (χ1n) is 5.58. The lowest BCUT2D eigenvalue weighted by Gasteiger charge is -2.20. The highest BCUT2D eigenvalue weighted by molar-refractivity contribution is 7.10. The monoisotopic (exact) mass is 241 g/mol. The van der Waals surface area contributed by atoms with Crippen LogP contribution in [0.3, 0.4) is 0 Å². The first-order valence-corrected chi connectivity index (χ1v) is 6.46. The summed E-state index contributed by atoms with van der Waals surface area (Å²) >= 11 is 1.50. The largest absolute Gasteiger partial charge is 0.478 e. The third-order valence-electron chi connectivity index (χ3n) is 2.68. The van der Waals surface area contributed by atoms with E-state index in [1.807, 2.05) is 0 Å². The summed E-state index contributed by atoms with van der Waals surface area (Å²) < 4.78 is 0. The summed E-state index contributed by atoms with van der Waals surface area (Å²) in [7, 11) is 0. The van der Waals surface area contributed by atoms with Crippen LogP contribution in [0.15, 0.2) is 11.4 Å². The molecule has 0 fully saturated rings. The van der Waals surface area contributed by atoms with Gasteiger partial charge in [-0.2, -0.15) is 0 Å². The summed E-state index contributed by atoms with van der Waals surface area (Å²) in [6, 6.07) is 2.24. The smallest absolute Gasteiger partial charge is 0.336 e. The molecule has 1 unspecified atom stereocenters. The molecule has 4 heteroatoms. The van der Waals surface area contributed by atoms with E-state index in [2.05, 4.69) is 26.1 Å². The van der Waals surface area contributed by atoms with Crippen LogP contribution in [-0.2, 0) is 6.54 Å². The average molecular weight is 241 g/mol. The van der Waals surface area contributed by atoms with E-state index >= 15 is 0 Å². The van der Waals surface area contributed by atoms with Crippen molar-refractivity contribution in [3.05, 3.63) is 21.9 Å². The minimum atomic E-state index is -0.849. The van der Waals surface area contributed by atoms with Gasteiger partial charge in [0.25, 0.3) is 0 Å². The minimum absolute atomic E-state index is 0.388. The minimum Gasteiger partial charge on any atom is -0.478 e. The van der Waals surface area contributed by atoms with Crippen molar-refractivity contribution in [3.8, 4) is 0 Å². The fourth-order valence-corrected chi connectivity index (χ4v) is 2.48. The molecular weight excluding hydrogens is 222 g/mol. The molecule has 0 amide bonds. The second kappa shape index (κ2) is 6.01. The molecule has 2 N–H and O–H groups in total. The Kier molecular flexibility index (Phi) is 4.96. The number of nitrogens with one attached hydrogen (secondary N) is 1. The number of hydrogen-bond acceptors (Lipinski definition) is 3. The molecular formula is C12H19NO2S. The van der Waals surface area contributed by atoms with E-state index in [1.165, 1.54) is 11.3 Å². The van der Waals surface area contributed by atoms with E-state index in [9.17, 15) is 4.79 Å². The summed E-state index contributed by atoms with van der Waals surface area (Å²) in [4.78, 5) is 11.8. The standard InChI is InChI=1S/C12H19NO2S/c1-4-11(8(2)3)13-6-10-5-9(7-16-10)12(14)15/h5,7-8,11,13H,4,6H2,1-3H3,(H,14,15). The maximum absolute atomic E-state index is 10.7. The van der Waals surface area contributed by atoms with Gasteiger partial charge in [0.05, 0.1) is 5.56 Å². The van der Waals surface area contributed by atoms with Gasteiger partial charge >= 0.3 is 5.97 Å². The number of carboxylic acid groups (broad SMARTS) is 1. The van der Waals surface area contributed by atoms with Gasteiger partial charge in [-0.1, -0.05) is 20.8 Å². The molecule has 0 radical (unpaired) electrons. The van der Waals surface area contributed by atoms with Crippen LogP contribution in [0.5, 0.6) is 0 Å². The van der Waals surface area contributed by atoms with E-state index in [1.54, 1.807) is 11.4 Å². The van der Waals surface area contributed by atoms with Crippen LogP contribution in [0.1, 0.15) is 42.4 Å². The summed E-state index contributed by atoms with van der Waals surface area (Å²) in [5.41, 5.74) is 0.388. The second-order valence-electron chi connectivity index (χ2n) is 4.25. The van der Waals surface area contributed by atoms with Crippen molar-refractivity contribution in [1.29, 1.82) is 0 Å². The topological polar surface area (TPSA) is 49.3 Å². The number of rotatable bonds is 6. The van der Waals surface area contributed by atoms with Crippen molar-refractivity contribution in [1.82, 2.24) is 5.32 Å². The molecule has 0 spiro atoms. The van der Waals surface area contributed by atoms with Crippen LogP contribution in [-0.4, -0.2) is 17.1 Å². The van der Waals surface area contributed by atoms with E-state index < -0.39 is 5.97 Å². The lowest BCUT2D eigenvalue weighted by Crippen LogP contribution is -2.32. The Bertz CT molecular complexity index is 347. The average Bonchev–Trinajstić information content (AvgIpc) is 2.67. The zero-order valence-corrected chi connectivity index (χ0v) is 10.8. The van der Waals surface area contributed by atoms with Gasteiger partial charge in [-0.05, 0) is 18.4 Å². The highest BCUT2D eigenvalue weighted by Gasteiger charge is 2.11. The summed E-state index contributed by atoms with van der Waals surface area (Å²) in [6.45, 7) is 7.31. The highest BCUT2D eigenvalue weighted by Crippen LogP contribution is 2.15. The van der Waals surface area contributed by atoms with Gasteiger partial charge in [0, 0.05) is 22.8 Å². The molecule has 1 atom stereocenters. The molecule has 0 aromatic carbocycles. The Labute approximate surface area is 100 Å². The molecule has 0 saturated carbocycles. The fraction of sp³-hybridized carbons (Fsp3) is 0.583. The maximum atomic E-state index is 10.7. The van der Waals surface area contributed by atoms with E-state index in [0.29, 0.717) is 17.5 Å². The Morgan fingerprint density at radius 1 is 1.56 bits per heavy atom. The van der Waals surface area contributed by atoms with Crippen molar-refractivity contribution >= 4 is 17.3 Å². The number of hydrogen-bond donors (Lipinski definition) is 2. The van der Waals surface area contributed by atoms with Crippen molar-refractivity contribution < 1.29 is 9.90 Å². The first kappa shape index (κ1) is 13.2. The third kappa shape index (κ3) is 3.61. The molecule has 1 aromatic rings. The third-order valence-corrected chi connectivity index (χ3v) is 3.62. The molecule has 16 heavy (non-hydrogen) atoms. The van der Waals surface area contributed by atoms with Crippen LogP contribution in [0.25, 0.3) is 0 Å². The molecule has 1 heterocycles. The molecule has 0 aliphatic heterocycles. The summed E-state index contributed by atoms with van der Waals surface area (Å²) in [6.07, 6.45) is 1.09. The Morgan fingerprint density at radius 2 is 2.25 bits per heavy atom. The van der Waals surface area contributed by atoms with Crippen LogP contribution >= 0.6 is 11.3 Å². The zero-order chi connectivity index (χ0) is 12.1. The number of thiophene rings is 1. The van der Waals surface area contributed by atoms with Crippen molar-refractivity contribution in [2.24, 2.45) is 5.92 Å². The maximum Gasteiger partial charge on any atom is 0.336 e. The van der Waals surface area contributed by atoms with Crippen molar-refractivity contribution in [2.75, 3.05) is 0 Å². The van der Waals surface area contributed by atoms with E-state index in [4.69, 9.17) is 5.11 Å². The molecule has 1 rings (SSSR count). The number of carbonyl (C=O) groups is 1. The lowest BCUT2D eigenvalue weighted by atomic mass is 10.0. The predicted molar refractivity (Wildman–Crippen MR) is 67.0 cm³/mol. The van der Waals surface area contributed by atoms with Crippen LogP contribution < -0.4 is 5.32 Å². The quantitative estimate of drug-likeness (QED) is 0.805. The van der Waals surface area contributed by atoms with Crippen molar-refractivity contribution in [3.63, 3.8) is 0 Å². The summed E-state index contributed by atoms with van der Waals surface area (Å²) in [5, 5.41) is 13.9. The second-order valence-corrected chi connectivity index (χ2v) is 5.24. The van der Waals surface area contributed by atoms with Crippen LogP contribution in [0, 0.1) is 5.92 Å². The molecule has 1 aromatic heterocycles. The SMILES string of the molecule is CCC(NCc1cc(C(=O)O)cs1)C(C)C. The van der Waals surface area contributed by atoms with Gasteiger partial charge in [0.2, 0.25) is 0 Å². The van der Waals surface area contributed by atoms with Gasteiger partial charge in [-0.3, -0.25) is 0 Å². The lowest BCUT2D eigenvalue weighted by molar-refractivity contribution is 0.0697. The first-order chi connectivity index (χ1) is 7.54. The Hall–Kier alpha value is -0.870. The van der Waals surface area contributed by atoms with Gasteiger partial charge in [-0.25, -0.2) is 4.79 Å². The van der Waals surface area contributed by atoms with Gasteiger partial charge in [0.1, 0.15) is 0 Å². The molecule has 90 valence electrons. The number of aromatic carboxylic acids is 1. The zero-order valence-electron chi connectivity index (χ0n) is 9.99. The summed E-state index contributed by atoms with van der Waals surface area (Å²) in [5.74, 6) is -0.248. The van der Waals surface area contributed by atoms with Gasteiger partial charge in [-0.15, -0.1) is 11.3 Å². The van der Waals surface area contributed by atoms with Crippen LogP contribution in [0.2, 0.25) is 0 Å². The fourth-order valence-electron chi connectivity index (χ4n) is 1.67. The van der Waals surface area contributed by atoms with Crippen molar-refractivity contribution in [2.45, 2.75) is 39.8 Å². The molecule has 0 saturated heterocycles. The Balaban J connectivity index is 2.50. The predicted octanol–water partition coefficient (Wildman–Crippen LogP) is 2.97. The van der Waals surface area contributed by atoms with Gasteiger partial charge < -0.3 is 10.4 Å². The van der Waals surface area contributed by atoms with E-state index in [-0.39, 0.29) is 0 Å². The molecule has 0 aliphatic rings. The molecule has 0 aliphatic carbocycles. The van der Waals surface area contributed by atoms with Gasteiger partial charge in [0.15, 0.2) is 0 Å². The van der Waals surface area contributed by atoms with Crippen LogP contribution in [0.4, 0.5) is 0 Å². The molecule has 0 bridgehead atoms. The Morgan fingerprint density at radius 3 is 2.69 bits per heavy atom. The number of carboxylic acids is 1.